The Kier molecular flexibility index (Phi) is 5.53. The van der Waals surface area contributed by atoms with Crippen molar-refractivity contribution in [2.45, 2.75) is 18.9 Å². The van der Waals surface area contributed by atoms with E-state index >= 15 is 0 Å². The summed E-state index contributed by atoms with van der Waals surface area (Å²) < 4.78 is 0. The maximum atomic E-state index is 11.5. The van der Waals surface area contributed by atoms with Crippen molar-refractivity contribution in [3.63, 3.8) is 0 Å². The molecule has 0 aromatic heterocycles. The van der Waals surface area contributed by atoms with Gasteiger partial charge in [0.1, 0.15) is 0 Å². The van der Waals surface area contributed by atoms with Crippen LogP contribution < -0.4 is 11.1 Å². The van der Waals surface area contributed by atoms with Gasteiger partial charge in [-0.1, -0.05) is 30.3 Å². The molecule has 0 spiro atoms. The lowest BCUT2D eigenvalue weighted by molar-refractivity contribution is -0.122. The molecule has 1 aromatic rings. The normalized spacial score (nSPS) is 12.1. The van der Waals surface area contributed by atoms with Crippen LogP contribution in [0, 0.1) is 0 Å². The molecule has 1 amide bonds. The van der Waals surface area contributed by atoms with Gasteiger partial charge >= 0.3 is 0 Å². The Labute approximate surface area is 95.5 Å². The first-order valence-electron chi connectivity index (χ1n) is 5.43. The van der Waals surface area contributed by atoms with Crippen molar-refractivity contribution in [3.05, 3.63) is 35.9 Å². The van der Waals surface area contributed by atoms with Crippen LogP contribution in [0.15, 0.2) is 30.3 Å². The summed E-state index contributed by atoms with van der Waals surface area (Å²) in [6.07, 6.45) is 1.07. The molecule has 16 heavy (non-hydrogen) atoms. The number of carbonyl (C=O) groups is 1. The summed E-state index contributed by atoms with van der Waals surface area (Å²) >= 11 is 0. The highest BCUT2D eigenvalue weighted by Crippen LogP contribution is 2.11. The lowest BCUT2D eigenvalue weighted by Crippen LogP contribution is -2.30. The highest BCUT2D eigenvalue weighted by molar-refractivity contribution is 5.76. The summed E-state index contributed by atoms with van der Waals surface area (Å²) in [6.45, 7) is 0.404. The van der Waals surface area contributed by atoms with E-state index in [1.807, 2.05) is 30.3 Å². The molecule has 0 saturated heterocycles. The van der Waals surface area contributed by atoms with Gasteiger partial charge in [0.15, 0.2) is 0 Å². The summed E-state index contributed by atoms with van der Waals surface area (Å²) in [6, 6.07) is 9.09. The van der Waals surface area contributed by atoms with Gasteiger partial charge in [-0.25, -0.2) is 0 Å². The maximum Gasteiger partial charge on any atom is 0.220 e. The Balaban J connectivity index is 2.52. The van der Waals surface area contributed by atoms with Crippen LogP contribution in [-0.2, 0) is 4.79 Å². The number of amides is 1. The zero-order chi connectivity index (χ0) is 11.8. The average molecular weight is 222 g/mol. The van der Waals surface area contributed by atoms with Crippen molar-refractivity contribution in [1.29, 1.82) is 0 Å². The molecule has 0 aliphatic carbocycles. The number of hydrogen-bond acceptors (Lipinski definition) is 3. The van der Waals surface area contributed by atoms with Crippen LogP contribution in [-0.4, -0.2) is 24.2 Å². The van der Waals surface area contributed by atoms with Gasteiger partial charge in [-0.05, 0) is 18.5 Å². The molecular weight excluding hydrogens is 204 g/mol. The molecule has 0 fully saturated rings. The van der Waals surface area contributed by atoms with Gasteiger partial charge in [0.2, 0.25) is 5.91 Å². The van der Waals surface area contributed by atoms with E-state index in [0.717, 1.165) is 5.56 Å². The van der Waals surface area contributed by atoms with E-state index in [1.54, 1.807) is 0 Å². The number of benzene rings is 1. The van der Waals surface area contributed by atoms with Gasteiger partial charge in [0.25, 0.3) is 0 Å². The van der Waals surface area contributed by atoms with Crippen molar-refractivity contribution in [1.82, 2.24) is 5.32 Å². The van der Waals surface area contributed by atoms with Crippen LogP contribution in [0.1, 0.15) is 24.4 Å². The first kappa shape index (κ1) is 12.7. The summed E-state index contributed by atoms with van der Waals surface area (Å²) in [5.74, 6) is -0.0756. The molecule has 0 radical (unpaired) electrons. The van der Waals surface area contributed by atoms with Crippen LogP contribution in [0.4, 0.5) is 0 Å². The van der Waals surface area contributed by atoms with Crippen LogP contribution in [0.5, 0.6) is 0 Å². The minimum absolute atomic E-state index is 0.0756. The van der Waals surface area contributed by atoms with E-state index in [9.17, 15) is 9.90 Å². The smallest absolute Gasteiger partial charge is 0.220 e. The number of hydrogen-bond donors (Lipinski definition) is 3. The van der Waals surface area contributed by atoms with Crippen molar-refractivity contribution in [2.24, 2.45) is 5.73 Å². The van der Waals surface area contributed by atoms with Crippen molar-refractivity contribution in [2.75, 3.05) is 13.2 Å². The van der Waals surface area contributed by atoms with Crippen molar-refractivity contribution in [3.8, 4) is 0 Å². The highest BCUT2D eigenvalue weighted by atomic mass is 16.3. The van der Waals surface area contributed by atoms with E-state index < -0.39 is 0 Å². The van der Waals surface area contributed by atoms with Gasteiger partial charge in [-0.15, -0.1) is 0 Å². The van der Waals surface area contributed by atoms with E-state index in [0.29, 0.717) is 19.4 Å². The SMILES string of the molecule is NCCCC(=O)N[C@@H](CO)c1ccccc1. The fourth-order valence-electron chi connectivity index (χ4n) is 1.45. The highest BCUT2D eigenvalue weighted by Gasteiger charge is 2.12. The Hall–Kier alpha value is -1.39. The monoisotopic (exact) mass is 222 g/mol. The molecule has 1 atom stereocenters. The van der Waals surface area contributed by atoms with E-state index in [-0.39, 0.29) is 18.6 Å². The molecule has 0 saturated carbocycles. The second-order valence-corrected chi connectivity index (χ2v) is 3.61. The number of rotatable bonds is 6. The predicted octanol–water partition coefficient (Wildman–Crippen LogP) is 0.575. The Morgan fingerprint density at radius 1 is 1.38 bits per heavy atom. The van der Waals surface area contributed by atoms with Gasteiger partial charge in [0, 0.05) is 6.42 Å². The fourth-order valence-corrected chi connectivity index (χ4v) is 1.45. The van der Waals surface area contributed by atoms with Gasteiger partial charge < -0.3 is 16.2 Å². The Bertz CT molecular complexity index is 314. The third kappa shape index (κ3) is 4.00. The van der Waals surface area contributed by atoms with Crippen LogP contribution in [0.3, 0.4) is 0 Å². The molecule has 1 rings (SSSR count). The first-order chi connectivity index (χ1) is 7.77. The molecule has 0 unspecified atom stereocenters. The second-order valence-electron chi connectivity index (χ2n) is 3.61. The maximum absolute atomic E-state index is 11.5. The topological polar surface area (TPSA) is 75.4 Å². The molecule has 0 aliphatic rings. The molecule has 0 aliphatic heterocycles. The Morgan fingerprint density at radius 3 is 2.62 bits per heavy atom. The van der Waals surface area contributed by atoms with E-state index in [4.69, 9.17) is 5.73 Å². The third-order valence-corrected chi connectivity index (χ3v) is 2.33. The predicted molar refractivity (Wildman–Crippen MR) is 62.7 cm³/mol. The van der Waals surface area contributed by atoms with Crippen molar-refractivity contribution < 1.29 is 9.90 Å². The minimum Gasteiger partial charge on any atom is -0.394 e. The summed E-state index contributed by atoms with van der Waals surface area (Å²) in [7, 11) is 0. The summed E-state index contributed by atoms with van der Waals surface area (Å²) in [5, 5.41) is 12.0. The number of nitrogens with one attached hydrogen (secondary N) is 1. The molecular formula is C12H18N2O2. The number of nitrogens with two attached hydrogens (primary N) is 1. The molecule has 88 valence electrons. The first-order valence-corrected chi connectivity index (χ1v) is 5.43. The minimum atomic E-state index is -0.327. The van der Waals surface area contributed by atoms with Crippen molar-refractivity contribution >= 4 is 5.91 Å². The Morgan fingerprint density at radius 2 is 2.06 bits per heavy atom. The molecule has 0 bridgehead atoms. The van der Waals surface area contributed by atoms with Crippen LogP contribution in [0.2, 0.25) is 0 Å². The third-order valence-electron chi connectivity index (χ3n) is 2.33. The van der Waals surface area contributed by atoms with Gasteiger partial charge in [-0.2, -0.15) is 0 Å². The number of carbonyl (C=O) groups excluding carboxylic acids is 1. The molecule has 4 nitrogen and oxygen atoms in total. The lowest BCUT2D eigenvalue weighted by Gasteiger charge is -2.16. The van der Waals surface area contributed by atoms with Crippen LogP contribution >= 0.6 is 0 Å². The lowest BCUT2D eigenvalue weighted by atomic mass is 10.1. The second kappa shape index (κ2) is 6.98. The zero-order valence-electron chi connectivity index (χ0n) is 9.23. The van der Waals surface area contributed by atoms with E-state index in [2.05, 4.69) is 5.32 Å². The quantitative estimate of drug-likeness (QED) is 0.659. The summed E-state index contributed by atoms with van der Waals surface area (Å²) in [4.78, 5) is 11.5. The molecule has 0 heterocycles. The number of aliphatic hydroxyl groups is 1. The molecule has 1 aromatic carbocycles. The van der Waals surface area contributed by atoms with E-state index in [1.165, 1.54) is 0 Å². The number of aliphatic hydroxyl groups excluding tert-OH is 1. The largest absolute Gasteiger partial charge is 0.394 e. The standard InChI is InChI=1S/C12H18N2O2/c13-8-4-7-12(16)14-11(9-15)10-5-2-1-3-6-10/h1-3,5-6,11,15H,4,7-9,13H2,(H,14,16)/t11-/m0/s1. The van der Waals surface area contributed by atoms with Crippen LogP contribution in [0.25, 0.3) is 0 Å². The van der Waals surface area contributed by atoms with Gasteiger partial charge in [0.05, 0.1) is 12.6 Å². The fraction of sp³-hybridized carbons (Fsp3) is 0.417. The summed E-state index contributed by atoms with van der Waals surface area (Å²) in [5.41, 5.74) is 6.23. The zero-order valence-corrected chi connectivity index (χ0v) is 9.23. The molecule has 4 N–H and O–H groups in total. The average Bonchev–Trinajstić information content (AvgIpc) is 2.34. The molecule has 4 heteroatoms. The van der Waals surface area contributed by atoms with Gasteiger partial charge in [-0.3, -0.25) is 4.79 Å².